The molecule has 0 spiro atoms. The minimum absolute atomic E-state index is 0.282. The fourth-order valence-electron chi connectivity index (χ4n) is 2.14. The highest BCUT2D eigenvalue weighted by Crippen LogP contribution is 2.27. The van der Waals surface area contributed by atoms with Crippen LogP contribution in [-0.2, 0) is 6.42 Å². The summed E-state index contributed by atoms with van der Waals surface area (Å²) in [5.74, 6) is 0. The smallest absolute Gasteiger partial charge is 0.0943 e. The molecule has 2 rings (SSSR count). The van der Waals surface area contributed by atoms with Gasteiger partial charge in [0.2, 0.25) is 0 Å². The van der Waals surface area contributed by atoms with Crippen LogP contribution < -0.4 is 5.32 Å². The minimum atomic E-state index is 0.282. The second-order valence-corrected chi connectivity index (χ2v) is 5.98. The molecule has 102 valence electrons. The van der Waals surface area contributed by atoms with Crippen molar-refractivity contribution in [2.45, 2.75) is 32.7 Å². The van der Waals surface area contributed by atoms with Crippen LogP contribution in [0.4, 0.5) is 0 Å². The van der Waals surface area contributed by atoms with Gasteiger partial charge in [0.05, 0.1) is 5.01 Å². The van der Waals surface area contributed by atoms with Crippen molar-refractivity contribution in [3.05, 3.63) is 50.9 Å². The molecule has 0 radical (unpaired) electrons. The van der Waals surface area contributed by atoms with Gasteiger partial charge < -0.3 is 5.32 Å². The van der Waals surface area contributed by atoms with Crippen LogP contribution in [0.3, 0.4) is 0 Å². The maximum absolute atomic E-state index is 6.23. The molecule has 1 unspecified atom stereocenters. The van der Waals surface area contributed by atoms with Gasteiger partial charge in [0.1, 0.15) is 0 Å². The van der Waals surface area contributed by atoms with E-state index in [0.29, 0.717) is 0 Å². The Kier molecular flexibility index (Phi) is 5.37. The van der Waals surface area contributed by atoms with Gasteiger partial charge in [0.15, 0.2) is 0 Å². The van der Waals surface area contributed by atoms with Gasteiger partial charge in [0, 0.05) is 29.1 Å². The van der Waals surface area contributed by atoms with Gasteiger partial charge in [-0.15, -0.1) is 11.3 Å². The highest BCUT2D eigenvalue weighted by atomic mass is 35.5. The van der Waals surface area contributed by atoms with Crippen LogP contribution in [0.2, 0.25) is 5.02 Å². The highest BCUT2D eigenvalue weighted by molar-refractivity contribution is 7.09. The Morgan fingerprint density at radius 1 is 1.42 bits per heavy atom. The second kappa shape index (κ2) is 7.04. The summed E-state index contributed by atoms with van der Waals surface area (Å²) in [4.78, 5) is 4.39. The maximum Gasteiger partial charge on any atom is 0.0943 e. The summed E-state index contributed by atoms with van der Waals surface area (Å²) < 4.78 is 0. The Morgan fingerprint density at radius 3 is 2.95 bits per heavy atom. The molecule has 0 aliphatic rings. The molecular formula is C15H19ClN2S. The molecule has 1 heterocycles. The first-order valence-corrected chi connectivity index (χ1v) is 7.85. The van der Waals surface area contributed by atoms with E-state index in [1.807, 2.05) is 23.7 Å². The Balaban J connectivity index is 2.23. The summed E-state index contributed by atoms with van der Waals surface area (Å²) in [6.45, 7) is 5.26. The summed E-state index contributed by atoms with van der Waals surface area (Å²) in [6.07, 6.45) is 3.90. The number of nitrogens with zero attached hydrogens (tertiary/aromatic N) is 1. The quantitative estimate of drug-likeness (QED) is 0.855. The van der Waals surface area contributed by atoms with Crippen LogP contribution >= 0.6 is 22.9 Å². The Hall–Kier alpha value is -0.900. The topological polar surface area (TPSA) is 24.9 Å². The van der Waals surface area contributed by atoms with Crippen molar-refractivity contribution in [1.82, 2.24) is 10.3 Å². The molecule has 0 amide bonds. The minimum Gasteiger partial charge on any atom is -0.310 e. The molecule has 0 saturated carbocycles. The number of benzene rings is 1. The number of aromatic nitrogens is 1. The second-order valence-electron chi connectivity index (χ2n) is 4.59. The van der Waals surface area contributed by atoms with Gasteiger partial charge in [0.25, 0.3) is 0 Å². The maximum atomic E-state index is 6.23. The number of hydrogen-bond acceptors (Lipinski definition) is 3. The lowest BCUT2D eigenvalue weighted by Crippen LogP contribution is -2.24. The first-order valence-electron chi connectivity index (χ1n) is 6.59. The molecular weight excluding hydrogens is 276 g/mol. The third-order valence-electron chi connectivity index (χ3n) is 3.19. The van der Waals surface area contributed by atoms with E-state index in [0.717, 1.165) is 35.0 Å². The van der Waals surface area contributed by atoms with Crippen molar-refractivity contribution >= 4 is 22.9 Å². The van der Waals surface area contributed by atoms with Crippen molar-refractivity contribution in [2.24, 2.45) is 0 Å². The highest BCUT2D eigenvalue weighted by Gasteiger charge is 2.16. The van der Waals surface area contributed by atoms with Gasteiger partial charge in [-0.3, -0.25) is 0 Å². The summed E-state index contributed by atoms with van der Waals surface area (Å²) in [5.41, 5.74) is 2.44. The Morgan fingerprint density at radius 2 is 2.26 bits per heavy atom. The lowest BCUT2D eigenvalue weighted by Gasteiger charge is -2.20. The fraction of sp³-hybridized carbons (Fsp3) is 0.400. The van der Waals surface area contributed by atoms with Crippen LogP contribution in [0.5, 0.6) is 0 Å². The zero-order valence-electron chi connectivity index (χ0n) is 11.3. The molecule has 1 N–H and O–H groups in total. The number of rotatable bonds is 6. The van der Waals surface area contributed by atoms with Crippen molar-refractivity contribution in [1.29, 1.82) is 0 Å². The van der Waals surface area contributed by atoms with Gasteiger partial charge in [-0.1, -0.05) is 30.7 Å². The number of hydrogen-bond donors (Lipinski definition) is 1. The first-order chi connectivity index (χ1) is 9.22. The van der Waals surface area contributed by atoms with Crippen molar-refractivity contribution in [3.63, 3.8) is 0 Å². The molecule has 0 aliphatic heterocycles. The van der Waals surface area contributed by atoms with Crippen molar-refractivity contribution in [2.75, 3.05) is 6.54 Å². The van der Waals surface area contributed by atoms with Crippen LogP contribution in [0.1, 0.15) is 35.5 Å². The summed E-state index contributed by atoms with van der Waals surface area (Å²) in [5, 5.41) is 7.62. The zero-order chi connectivity index (χ0) is 13.7. The standard InChI is InChI=1S/C15H19ClN2S/c1-3-7-17-14(10-15-18-8-9-19-15)12-5-4-6-13(16)11(12)2/h4-6,8-9,14,17H,3,7,10H2,1-2H3. The van der Waals surface area contributed by atoms with Crippen LogP contribution in [-0.4, -0.2) is 11.5 Å². The van der Waals surface area contributed by atoms with E-state index in [1.54, 1.807) is 11.3 Å². The van der Waals surface area contributed by atoms with Crippen LogP contribution in [0.15, 0.2) is 29.8 Å². The van der Waals surface area contributed by atoms with Crippen molar-refractivity contribution in [3.8, 4) is 0 Å². The van der Waals surface area contributed by atoms with Crippen molar-refractivity contribution < 1.29 is 0 Å². The average molecular weight is 295 g/mol. The predicted molar refractivity (Wildman–Crippen MR) is 83.0 cm³/mol. The molecule has 2 aromatic rings. The van der Waals surface area contributed by atoms with Crippen LogP contribution in [0, 0.1) is 6.92 Å². The number of halogens is 1. The molecule has 19 heavy (non-hydrogen) atoms. The monoisotopic (exact) mass is 294 g/mol. The molecule has 0 aliphatic carbocycles. The van der Waals surface area contributed by atoms with E-state index >= 15 is 0 Å². The van der Waals surface area contributed by atoms with Gasteiger partial charge in [-0.25, -0.2) is 4.98 Å². The molecule has 0 bridgehead atoms. The number of thiazole rings is 1. The lowest BCUT2D eigenvalue weighted by atomic mass is 9.98. The normalized spacial score (nSPS) is 12.6. The summed E-state index contributed by atoms with van der Waals surface area (Å²) >= 11 is 7.94. The lowest BCUT2D eigenvalue weighted by molar-refractivity contribution is 0.526. The van der Waals surface area contributed by atoms with Gasteiger partial charge in [-0.05, 0) is 37.1 Å². The molecule has 4 heteroatoms. The zero-order valence-corrected chi connectivity index (χ0v) is 12.9. The predicted octanol–water partition coefficient (Wildman–Crippen LogP) is 4.39. The van der Waals surface area contributed by atoms with Crippen LogP contribution in [0.25, 0.3) is 0 Å². The van der Waals surface area contributed by atoms with E-state index in [1.165, 1.54) is 5.56 Å². The molecule has 2 nitrogen and oxygen atoms in total. The first kappa shape index (κ1) is 14.5. The van der Waals surface area contributed by atoms with Gasteiger partial charge >= 0.3 is 0 Å². The van der Waals surface area contributed by atoms with Gasteiger partial charge in [-0.2, -0.15) is 0 Å². The molecule has 1 aromatic carbocycles. The summed E-state index contributed by atoms with van der Waals surface area (Å²) in [6, 6.07) is 6.40. The number of nitrogens with one attached hydrogen (secondary N) is 1. The van der Waals surface area contributed by atoms with E-state index in [9.17, 15) is 0 Å². The Labute approximate surface area is 123 Å². The third-order valence-corrected chi connectivity index (χ3v) is 4.40. The van der Waals surface area contributed by atoms with E-state index in [4.69, 9.17) is 11.6 Å². The average Bonchev–Trinajstić information content (AvgIpc) is 2.91. The third kappa shape index (κ3) is 3.78. The molecule has 1 atom stereocenters. The molecule has 0 fully saturated rings. The Bertz CT molecular complexity index is 511. The van der Waals surface area contributed by atoms with E-state index in [-0.39, 0.29) is 6.04 Å². The van der Waals surface area contributed by atoms with E-state index in [2.05, 4.69) is 30.2 Å². The molecule has 0 saturated heterocycles. The SMILES string of the molecule is CCCNC(Cc1nccs1)c1cccc(Cl)c1C. The summed E-state index contributed by atoms with van der Waals surface area (Å²) in [7, 11) is 0. The largest absolute Gasteiger partial charge is 0.310 e. The van der Waals surface area contributed by atoms with E-state index < -0.39 is 0 Å². The fourth-order valence-corrected chi connectivity index (χ4v) is 2.99. The molecule has 1 aromatic heterocycles.